The first-order valence-corrected chi connectivity index (χ1v) is 7.23. The molecule has 1 aromatic heterocycles. The predicted octanol–water partition coefficient (Wildman–Crippen LogP) is 3.07. The highest BCUT2D eigenvalue weighted by atomic mass is 16.3. The molecule has 0 saturated heterocycles. The van der Waals surface area contributed by atoms with Crippen LogP contribution in [0.15, 0.2) is 16.7 Å². The fraction of sp³-hybridized carbons (Fsp3) is 0.733. The minimum atomic E-state index is 0.426. The van der Waals surface area contributed by atoms with Crippen LogP contribution in [0, 0.1) is 6.92 Å². The average molecular weight is 250 g/mol. The number of furan rings is 1. The minimum Gasteiger partial charge on any atom is -0.468 e. The highest BCUT2D eigenvalue weighted by Crippen LogP contribution is 2.24. The van der Waals surface area contributed by atoms with Crippen LogP contribution in [-0.4, -0.2) is 23.5 Å². The van der Waals surface area contributed by atoms with Crippen molar-refractivity contribution in [3.8, 4) is 0 Å². The average Bonchev–Trinajstić information content (AvgIpc) is 2.76. The Kier molecular flexibility index (Phi) is 4.84. The van der Waals surface area contributed by atoms with E-state index in [-0.39, 0.29) is 0 Å². The maximum Gasteiger partial charge on any atom is 0.120 e. The van der Waals surface area contributed by atoms with Crippen LogP contribution < -0.4 is 5.73 Å². The first-order valence-electron chi connectivity index (χ1n) is 7.23. The molecule has 0 aromatic carbocycles. The molecule has 2 rings (SSSR count). The SMILES string of the molecule is CCCN(Cc1occc1C)C1CCC(N)CC1. The van der Waals surface area contributed by atoms with Crippen molar-refractivity contribution in [2.75, 3.05) is 6.54 Å². The fourth-order valence-corrected chi connectivity index (χ4v) is 2.90. The second-order valence-corrected chi connectivity index (χ2v) is 5.57. The van der Waals surface area contributed by atoms with E-state index in [9.17, 15) is 0 Å². The van der Waals surface area contributed by atoms with Crippen LogP contribution in [0.2, 0.25) is 0 Å². The number of nitrogens with zero attached hydrogens (tertiary/aromatic N) is 1. The van der Waals surface area contributed by atoms with Crippen molar-refractivity contribution < 1.29 is 4.42 Å². The van der Waals surface area contributed by atoms with Gasteiger partial charge in [-0.15, -0.1) is 0 Å². The van der Waals surface area contributed by atoms with Gasteiger partial charge in [-0.3, -0.25) is 4.90 Å². The Bertz CT molecular complexity index is 353. The maximum absolute atomic E-state index is 5.99. The lowest BCUT2D eigenvalue weighted by Crippen LogP contribution is -2.40. The first-order chi connectivity index (χ1) is 8.70. The molecule has 18 heavy (non-hydrogen) atoms. The summed E-state index contributed by atoms with van der Waals surface area (Å²) in [5.41, 5.74) is 7.26. The second-order valence-electron chi connectivity index (χ2n) is 5.57. The van der Waals surface area contributed by atoms with Gasteiger partial charge in [-0.25, -0.2) is 0 Å². The molecule has 0 amide bonds. The topological polar surface area (TPSA) is 42.4 Å². The van der Waals surface area contributed by atoms with E-state index in [1.165, 1.54) is 37.7 Å². The molecule has 0 unspecified atom stereocenters. The second kappa shape index (κ2) is 6.39. The van der Waals surface area contributed by atoms with Crippen molar-refractivity contribution >= 4 is 0 Å². The smallest absolute Gasteiger partial charge is 0.120 e. The molecular formula is C15H26N2O. The van der Waals surface area contributed by atoms with Crippen molar-refractivity contribution in [2.24, 2.45) is 5.73 Å². The molecular weight excluding hydrogens is 224 g/mol. The maximum atomic E-state index is 5.99. The van der Waals surface area contributed by atoms with Crippen molar-refractivity contribution in [2.45, 2.75) is 64.6 Å². The molecule has 0 bridgehead atoms. The third-order valence-corrected chi connectivity index (χ3v) is 4.08. The molecule has 1 aromatic rings. The summed E-state index contributed by atoms with van der Waals surface area (Å²) in [7, 11) is 0. The zero-order valence-electron chi connectivity index (χ0n) is 11.7. The van der Waals surface area contributed by atoms with Gasteiger partial charge in [0.25, 0.3) is 0 Å². The van der Waals surface area contributed by atoms with Gasteiger partial charge in [-0.05, 0) is 57.2 Å². The van der Waals surface area contributed by atoms with Crippen LogP contribution >= 0.6 is 0 Å². The van der Waals surface area contributed by atoms with E-state index in [0.29, 0.717) is 12.1 Å². The number of hydrogen-bond donors (Lipinski definition) is 1. The molecule has 0 spiro atoms. The van der Waals surface area contributed by atoms with Gasteiger partial charge in [-0.2, -0.15) is 0 Å². The highest BCUT2D eigenvalue weighted by Gasteiger charge is 2.24. The quantitative estimate of drug-likeness (QED) is 0.873. The Morgan fingerprint density at radius 3 is 2.61 bits per heavy atom. The summed E-state index contributed by atoms with van der Waals surface area (Å²) in [5.74, 6) is 1.12. The monoisotopic (exact) mass is 250 g/mol. The molecule has 1 heterocycles. The van der Waals surface area contributed by atoms with E-state index < -0.39 is 0 Å². The first kappa shape index (κ1) is 13.6. The number of nitrogens with two attached hydrogens (primary N) is 1. The van der Waals surface area contributed by atoms with Crippen molar-refractivity contribution in [3.05, 3.63) is 23.7 Å². The molecule has 102 valence electrons. The number of hydrogen-bond acceptors (Lipinski definition) is 3. The lowest BCUT2D eigenvalue weighted by molar-refractivity contribution is 0.132. The van der Waals surface area contributed by atoms with E-state index in [1.807, 2.05) is 0 Å². The minimum absolute atomic E-state index is 0.426. The summed E-state index contributed by atoms with van der Waals surface area (Å²) in [6.45, 7) is 6.48. The van der Waals surface area contributed by atoms with E-state index in [0.717, 1.165) is 18.8 Å². The van der Waals surface area contributed by atoms with Crippen molar-refractivity contribution in [1.29, 1.82) is 0 Å². The summed E-state index contributed by atoms with van der Waals surface area (Å²) < 4.78 is 5.59. The van der Waals surface area contributed by atoms with E-state index >= 15 is 0 Å². The fourth-order valence-electron chi connectivity index (χ4n) is 2.90. The molecule has 1 fully saturated rings. The van der Waals surface area contributed by atoms with Gasteiger partial charge in [0, 0.05) is 12.1 Å². The van der Waals surface area contributed by atoms with Crippen LogP contribution in [0.4, 0.5) is 0 Å². The summed E-state index contributed by atoms with van der Waals surface area (Å²) in [4.78, 5) is 2.58. The Morgan fingerprint density at radius 1 is 1.33 bits per heavy atom. The third kappa shape index (κ3) is 3.36. The molecule has 3 heteroatoms. The Hall–Kier alpha value is -0.800. The largest absolute Gasteiger partial charge is 0.468 e. The summed E-state index contributed by atoms with van der Waals surface area (Å²) in [5, 5.41) is 0. The van der Waals surface area contributed by atoms with Gasteiger partial charge in [0.05, 0.1) is 12.8 Å². The number of rotatable bonds is 5. The lowest BCUT2D eigenvalue weighted by Gasteiger charge is -2.35. The molecule has 3 nitrogen and oxygen atoms in total. The molecule has 0 aliphatic heterocycles. The Morgan fingerprint density at radius 2 is 2.06 bits per heavy atom. The van der Waals surface area contributed by atoms with E-state index in [4.69, 9.17) is 10.2 Å². The summed E-state index contributed by atoms with van der Waals surface area (Å²) >= 11 is 0. The van der Waals surface area contributed by atoms with Gasteiger partial charge in [0.1, 0.15) is 5.76 Å². The zero-order valence-corrected chi connectivity index (χ0v) is 11.7. The zero-order chi connectivity index (χ0) is 13.0. The molecule has 0 atom stereocenters. The van der Waals surface area contributed by atoms with E-state index in [2.05, 4.69) is 24.8 Å². The molecule has 0 radical (unpaired) electrons. The van der Waals surface area contributed by atoms with Gasteiger partial charge in [0.2, 0.25) is 0 Å². The summed E-state index contributed by atoms with van der Waals surface area (Å²) in [6, 6.07) is 3.17. The van der Waals surface area contributed by atoms with Gasteiger partial charge in [-0.1, -0.05) is 6.92 Å². The molecule has 1 saturated carbocycles. The van der Waals surface area contributed by atoms with Crippen molar-refractivity contribution in [1.82, 2.24) is 4.90 Å². The Balaban J connectivity index is 1.97. The van der Waals surface area contributed by atoms with Crippen LogP contribution in [0.1, 0.15) is 50.4 Å². The molecule has 2 N–H and O–H groups in total. The molecule has 1 aliphatic carbocycles. The highest BCUT2D eigenvalue weighted by molar-refractivity contribution is 5.14. The molecule has 1 aliphatic rings. The standard InChI is InChI=1S/C15H26N2O/c1-3-9-17(11-15-12(2)8-10-18-15)14-6-4-13(16)5-7-14/h8,10,13-14H,3-7,9,11,16H2,1-2H3. The van der Waals surface area contributed by atoms with Crippen LogP contribution in [-0.2, 0) is 6.54 Å². The third-order valence-electron chi connectivity index (χ3n) is 4.08. The van der Waals surface area contributed by atoms with Gasteiger partial charge >= 0.3 is 0 Å². The summed E-state index contributed by atoms with van der Waals surface area (Å²) in [6.07, 6.45) is 7.81. The van der Waals surface area contributed by atoms with Crippen LogP contribution in [0.5, 0.6) is 0 Å². The number of aryl methyl sites for hydroxylation is 1. The Labute approximate surface area is 110 Å². The van der Waals surface area contributed by atoms with Crippen LogP contribution in [0.25, 0.3) is 0 Å². The van der Waals surface area contributed by atoms with Crippen molar-refractivity contribution in [3.63, 3.8) is 0 Å². The van der Waals surface area contributed by atoms with Crippen LogP contribution in [0.3, 0.4) is 0 Å². The van der Waals surface area contributed by atoms with Gasteiger partial charge < -0.3 is 10.2 Å². The van der Waals surface area contributed by atoms with E-state index in [1.54, 1.807) is 6.26 Å². The predicted molar refractivity (Wildman–Crippen MR) is 74.4 cm³/mol. The normalized spacial score (nSPS) is 24.7. The van der Waals surface area contributed by atoms with Gasteiger partial charge in [0.15, 0.2) is 0 Å². The lowest BCUT2D eigenvalue weighted by atomic mass is 9.90.